The van der Waals surface area contributed by atoms with Crippen LogP contribution in [0.5, 0.6) is 5.75 Å². The van der Waals surface area contributed by atoms with Crippen LogP contribution in [0, 0.1) is 0 Å². The normalized spacial score (nSPS) is 10.7. The van der Waals surface area contributed by atoms with Crippen molar-refractivity contribution in [1.29, 1.82) is 0 Å². The summed E-state index contributed by atoms with van der Waals surface area (Å²) in [6, 6.07) is 10.6. The van der Waals surface area contributed by atoms with Gasteiger partial charge in [-0.15, -0.1) is 0 Å². The van der Waals surface area contributed by atoms with E-state index in [1.165, 1.54) is 0 Å². The Morgan fingerprint density at radius 2 is 1.78 bits per heavy atom. The second-order valence-electron chi connectivity index (χ2n) is 4.41. The van der Waals surface area contributed by atoms with Gasteiger partial charge in [-0.25, -0.2) is 0 Å². The average molecular weight is 389 g/mol. The molecule has 0 fully saturated rings. The SMILES string of the molecule is NC(=S)N/N=C\c1ccc(OCc2c(Cl)ccc(Cl)c2Cl)cc1. The van der Waals surface area contributed by atoms with E-state index in [1.54, 1.807) is 30.5 Å². The monoisotopic (exact) mass is 387 g/mol. The summed E-state index contributed by atoms with van der Waals surface area (Å²) in [5.74, 6) is 0.663. The molecular formula is C15H12Cl3N3OS. The molecule has 23 heavy (non-hydrogen) atoms. The van der Waals surface area contributed by atoms with Crippen LogP contribution in [-0.2, 0) is 6.61 Å². The summed E-state index contributed by atoms with van der Waals surface area (Å²) in [4.78, 5) is 0. The number of nitrogens with two attached hydrogens (primary N) is 1. The first-order valence-corrected chi connectivity index (χ1v) is 7.95. The molecule has 8 heteroatoms. The fourth-order valence-electron chi connectivity index (χ4n) is 1.68. The Kier molecular flexibility index (Phi) is 6.47. The van der Waals surface area contributed by atoms with Crippen molar-refractivity contribution in [1.82, 2.24) is 5.43 Å². The molecule has 0 bridgehead atoms. The summed E-state index contributed by atoms with van der Waals surface area (Å²) in [6.45, 7) is 0.217. The van der Waals surface area contributed by atoms with Crippen molar-refractivity contribution in [3.63, 3.8) is 0 Å². The highest BCUT2D eigenvalue weighted by Crippen LogP contribution is 2.32. The molecule has 0 heterocycles. The molecule has 0 aromatic heterocycles. The maximum absolute atomic E-state index is 6.13. The second kappa shape index (κ2) is 8.36. The van der Waals surface area contributed by atoms with Crippen molar-refractivity contribution in [2.24, 2.45) is 10.8 Å². The van der Waals surface area contributed by atoms with Gasteiger partial charge in [-0.1, -0.05) is 34.8 Å². The molecule has 2 aromatic rings. The van der Waals surface area contributed by atoms with Gasteiger partial charge in [0.05, 0.1) is 16.3 Å². The predicted molar refractivity (Wildman–Crippen MR) is 99.8 cm³/mol. The standard InChI is InChI=1S/C15H12Cl3N3OS/c16-12-5-6-13(17)14(18)11(12)8-22-10-3-1-9(2-4-10)7-20-21-15(19)23/h1-7H,8H2,(H3,19,21,23)/b20-7-. The lowest BCUT2D eigenvalue weighted by Gasteiger charge is -2.10. The highest BCUT2D eigenvalue weighted by molar-refractivity contribution is 7.80. The number of hydrogen-bond acceptors (Lipinski definition) is 3. The molecule has 0 spiro atoms. The van der Waals surface area contributed by atoms with Gasteiger partial charge in [-0.3, -0.25) is 5.43 Å². The van der Waals surface area contributed by atoms with E-state index in [2.05, 4.69) is 22.7 Å². The molecule has 0 unspecified atom stereocenters. The minimum atomic E-state index is 0.108. The van der Waals surface area contributed by atoms with Crippen molar-refractivity contribution in [2.75, 3.05) is 0 Å². The number of benzene rings is 2. The van der Waals surface area contributed by atoms with Crippen molar-refractivity contribution in [2.45, 2.75) is 6.61 Å². The van der Waals surface area contributed by atoms with Crippen LogP contribution in [-0.4, -0.2) is 11.3 Å². The van der Waals surface area contributed by atoms with Gasteiger partial charge in [-0.05, 0) is 54.2 Å². The van der Waals surface area contributed by atoms with E-state index < -0.39 is 0 Å². The predicted octanol–water partition coefficient (Wildman–Crippen LogP) is 4.39. The maximum Gasteiger partial charge on any atom is 0.184 e. The van der Waals surface area contributed by atoms with Crippen molar-refractivity contribution < 1.29 is 4.74 Å². The Balaban J connectivity index is 2.01. The third-order valence-corrected chi connectivity index (χ3v) is 4.08. The lowest BCUT2D eigenvalue weighted by Crippen LogP contribution is -2.23. The smallest absolute Gasteiger partial charge is 0.184 e. The zero-order valence-corrected chi connectivity index (χ0v) is 14.8. The van der Waals surface area contributed by atoms with Crippen molar-refractivity contribution in [3.8, 4) is 5.75 Å². The molecular weight excluding hydrogens is 377 g/mol. The van der Waals surface area contributed by atoms with Gasteiger partial charge in [0, 0.05) is 10.6 Å². The molecule has 0 aliphatic carbocycles. The molecule has 0 aliphatic rings. The van der Waals surface area contributed by atoms with Crippen LogP contribution in [0.15, 0.2) is 41.5 Å². The third-order valence-electron chi connectivity index (χ3n) is 2.79. The van der Waals surface area contributed by atoms with Gasteiger partial charge in [0.25, 0.3) is 0 Å². The lowest BCUT2D eigenvalue weighted by molar-refractivity contribution is 0.306. The number of hydrogen-bond donors (Lipinski definition) is 2. The fraction of sp³-hybridized carbons (Fsp3) is 0.0667. The number of ether oxygens (including phenoxy) is 1. The molecule has 120 valence electrons. The van der Waals surface area contributed by atoms with Crippen LogP contribution in [0.1, 0.15) is 11.1 Å². The Morgan fingerprint density at radius 1 is 1.13 bits per heavy atom. The van der Waals surface area contributed by atoms with Gasteiger partial charge in [-0.2, -0.15) is 5.10 Å². The van der Waals surface area contributed by atoms with Crippen LogP contribution in [0.2, 0.25) is 15.1 Å². The van der Waals surface area contributed by atoms with E-state index in [0.29, 0.717) is 26.4 Å². The van der Waals surface area contributed by atoms with Crippen LogP contribution in [0.4, 0.5) is 0 Å². The van der Waals surface area contributed by atoms with Gasteiger partial charge < -0.3 is 10.5 Å². The van der Waals surface area contributed by atoms with E-state index in [-0.39, 0.29) is 11.7 Å². The summed E-state index contributed by atoms with van der Waals surface area (Å²) in [5, 5.41) is 5.31. The molecule has 0 aliphatic heterocycles. The number of nitrogens with one attached hydrogen (secondary N) is 1. The quantitative estimate of drug-likeness (QED) is 0.345. The van der Waals surface area contributed by atoms with Gasteiger partial charge >= 0.3 is 0 Å². The van der Waals surface area contributed by atoms with E-state index in [9.17, 15) is 0 Å². The van der Waals surface area contributed by atoms with Gasteiger partial charge in [0.1, 0.15) is 12.4 Å². The topological polar surface area (TPSA) is 59.6 Å². The third kappa shape index (κ3) is 5.25. The Morgan fingerprint density at radius 3 is 2.43 bits per heavy atom. The van der Waals surface area contributed by atoms with E-state index >= 15 is 0 Å². The van der Waals surface area contributed by atoms with Gasteiger partial charge in [0.2, 0.25) is 0 Å². The summed E-state index contributed by atoms with van der Waals surface area (Å²) < 4.78 is 5.68. The van der Waals surface area contributed by atoms with Gasteiger partial charge in [0.15, 0.2) is 5.11 Å². The Hall–Kier alpha value is -1.53. The molecule has 0 atom stereocenters. The van der Waals surface area contributed by atoms with Crippen molar-refractivity contribution >= 4 is 58.3 Å². The maximum atomic E-state index is 6.13. The van der Waals surface area contributed by atoms with E-state index in [1.807, 2.05) is 12.1 Å². The molecule has 3 N–H and O–H groups in total. The summed E-state index contributed by atoms with van der Waals surface area (Å²) >= 11 is 22.9. The number of halogens is 3. The number of thiocarbonyl (C=S) groups is 1. The molecule has 2 rings (SSSR count). The number of hydrazone groups is 1. The summed E-state index contributed by atoms with van der Waals surface area (Å²) in [5.41, 5.74) is 9.25. The molecule has 4 nitrogen and oxygen atoms in total. The minimum Gasteiger partial charge on any atom is -0.489 e. The van der Waals surface area contributed by atoms with Crippen LogP contribution >= 0.6 is 47.0 Å². The van der Waals surface area contributed by atoms with E-state index in [0.717, 1.165) is 5.56 Å². The van der Waals surface area contributed by atoms with E-state index in [4.69, 9.17) is 45.3 Å². The zero-order valence-electron chi connectivity index (χ0n) is 11.7. The zero-order chi connectivity index (χ0) is 16.8. The Bertz CT molecular complexity index is 735. The second-order valence-corrected chi connectivity index (χ2v) is 6.05. The highest BCUT2D eigenvalue weighted by Gasteiger charge is 2.10. The van der Waals surface area contributed by atoms with Crippen LogP contribution in [0.3, 0.4) is 0 Å². The average Bonchev–Trinajstić information content (AvgIpc) is 2.52. The first-order chi connectivity index (χ1) is 11.0. The first-order valence-electron chi connectivity index (χ1n) is 6.41. The fourth-order valence-corrected chi connectivity index (χ4v) is 2.39. The largest absolute Gasteiger partial charge is 0.489 e. The van der Waals surface area contributed by atoms with Crippen LogP contribution < -0.4 is 15.9 Å². The molecule has 0 radical (unpaired) electrons. The molecule has 0 saturated carbocycles. The number of nitrogens with zero attached hydrogens (tertiary/aromatic N) is 1. The van der Waals surface area contributed by atoms with Crippen LogP contribution in [0.25, 0.3) is 0 Å². The molecule has 0 amide bonds. The van der Waals surface area contributed by atoms with Crippen molar-refractivity contribution in [3.05, 3.63) is 62.6 Å². The summed E-state index contributed by atoms with van der Waals surface area (Å²) in [7, 11) is 0. The first kappa shape index (κ1) is 17.8. The molecule has 2 aromatic carbocycles. The number of rotatable bonds is 5. The lowest BCUT2D eigenvalue weighted by atomic mass is 10.2. The highest BCUT2D eigenvalue weighted by atomic mass is 35.5. The summed E-state index contributed by atoms with van der Waals surface area (Å²) in [6.07, 6.45) is 1.59. The molecule has 0 saturated heterocycles. The Labute approximate surface area is 154 Å². The minimum absolute atomic E-state index is 0.108.